The number of carbonyl (C=O) groups is 1. The molecule has 1 heterocycles. The van der Waals surface area contributed by atoms with Crippen molar-refractivity contribution in [1.82, 2.24) is 9.55 Å². The average molecular weight is 218 g/mol. The summed E-state index contributed by atoms with van der Waals surface area (Å²) in [6, 6.07) is 5.88. The maximum atomic E-state index is 10.8. The lowest BCUT2D eigenvalue weighted by Crippen LogP contribution is -2.11. The lowest BCUT2D eigenvalue weighted by Gasteiger charge is -2.03. The average Bonchev–Trinajstić information content (AvgIpc) is 2.55. The van der Waals surface area contributed by atoms with Crippen molar-refractivity contribution in [3.8, 4) is 0 Å². The Morgan fingerprint density at radius 3 is 2.88 bits per heavy atom. The molecule has 0 bridgehead atoms. The van der Waals surface area contributed by atoms with Crippen molar-refractivity contribution in [2.45, 2.75) is 26.8 Å². The van der Waals surface area contributed by atoms with E-state index in [9.17, 15) is 4.79 Å². The molecule has 2 aromatic rings. The molecule has 2 rings (SSSR count). The molecule has 0 atom stereocenters. The van der Waals surface area contributed by atoms with Crippen LogP contribution in [0.4, 0.5) is 0 Å². The molecule has 0 fully saturated rings. The van der Waals surface area contributed by atoms with Gasteiger partial charge in [-0.1, -0.05) is 13.0 Å². The van der Waals surface area contributed by atoms with Crippen molar-refractivity contribution in [2.75, 3.05) is 0 Å². The zero-order chi connectivity index (χ0) is 11.7. The number of rotatable bonds is 3. The SMILES string of the molecule is CCc1nc2cc(C)ccc2n1CC(=O)O. The van der Waals surface area contributed by atoms with Crippen molar-refractivity contribution in [2.24, 2.45) is 0 Å². The number of hydrogen-bond donors (Lipinski definition) is 1. The van der Waals surface area contributed by atoms with Gasteiger partial charge < -0.3 is 9.67 Å². The van der Waals surface area contributed by atoms with Crippen LogP contribution in [0, 0.1) is 6.92 Å². The fraction of sp³-hybridized carbons (Fsp3) is 0.333. The zero-order valence-electron chi connectivity index (χ0n) is 9.40. The summed E-state index contributed by atoms with van der Waals surface area (Å²) in [4.78, 5) is 15.2. The summed E-state index contributed by atoms with van der Waals surface area (Å²) in [5, 5.41) is 8.87. The van der Waals surface area contributed by atoms with Crippen LogP contribution in [-0.2, 0) is 17.8 Å². The van der Waals surface area contributed by atoms with Crippen LogP contribution in [0.2, 0.25) is 0 Å². The van der Waals surface area contributed by atoms with Crippen LogP contribution >= 0.6 is 0 Å². The summed E-state index contributed by atoms with van der Waals surface area (Å²) in [6.07, 6.45) is 0.737. The Bertz CT molecular complexity index is 543. The highest BCUT2D eigenvalue weighted by molar-refractivity contribution is 5.79. The number of nitrogens with zero attached hydrogens (tertiary/aromatic N) is 2. The van der Waals surface area contributed by atoms with Crippen molar-refractivity contribution in [3.63, 3.8) is 0 Å². The summed E-state index contributed by atoms with van der Waals surface area (Å²) in [6.45, 7) is 3.95. The van der Waals surface area contributed by atoms with Crippen molar-refractivity contribution >= 4 is 17.0 Å². The maximum absolute atomic E-state index is 10.8. The van der Waals surface area contributed by atoms with Crippen LogP contribution in [0.5, 0.6) is 0 Å². The van der Waals surface area contributed by atoms with Gasteiger partial charge >= 0.3 is 5.97 Å². The Morgan fingerprint density at radius 1 is 1.50 bits per heavy atom. The summed E-state index contributed by atoms with van der Waals surface area (Å²) in [5.41, 5.74) is 2.90. The number of aliphatic carboxylic acids is 1. The second kappa shape index (κ2) is 3.96. The maximum Gasteiger partial charge on any atom is 0.323 e. The smallest absolute Gasteiger partial charge is 0.323 e. The Morgan fingerprint density at radius 2 is 2.25 bits per heavy atom. The summed E-state index contributed by atoms with van der Waals surface area (Å²) < 4.78 is 1.76. The molecule has 0 radical (unpaired) electrons. The van der Waals surface area contributed by atoms with E-state index in [1.807, 2.05) is 32.0 Å². The normalized spacial score (nSPS) is 10.9. The van der Waals surface area contributed by atoms with E-state index in [2.05, 4.69) is 4.98 Å². The Hall–Kier alpha value is -1.84. The van der Waals surface area contributed by atoms with E-state index in [-0.39, 0.29) is 6.54 Å². The second-order valence-corrected chi connectivity index (χ2v) is 3.85. The first-order valence-electron chi connectivity index (χ1n) is 5.29. The zero-order valence-corrected chi connectivity index (χ0v) is 9.40. The van der Waals surface area contributed by atoms with Crippen LogP contribution in [0.3, 0.4) is 0 Å². The van der Waals surface area contributed by atoms with Crippen LogP contribution in [0.25, 0.3) is 11.0 Å². The van der Waals surface area contributed by atoms with Crippen LogP contribution in [0.15, 0.2) is 18.2 Å². The predicted octanol–water partition coefficient (Wildman–Crippen LogP) is 1.99. The number of aryl methyl sites for hydroxylation is 2. The molecule has 0 saturated carbocycles. The molecule has 4 heteroatoms. The quantitative estimate of drug-likeness (QED) is 0.857. The van der Waals surface area contributed by atoms with Crippen molar-refractivity contribution in [1.29, 1.82) is 0 Å². The van der Waals surface area contributed by atoms with Gasteiger partial charge in [-0.3, -0.25) is 4.79 Å². The summed E-state index contributed by atoms with van der Waals surface area (Å²) >= 11 is 0. The first kappa shape index (κ1) is 10.7. The minimum absolute atomic E-state index is 0.0251. The molecular formula is C12H14N2O2. The van der Waals surface area contributed by atoms with Gasteiger partial charge in [0.05, 0.1) is 11.0 Å². The number of benzene rings is 1. The van der Waals surface area contributed by atoms with E-state index in [1.165, 1.54) is 0 Å². The highest BCUT2D eigenvalue weighted by atomic mass is 16.4. The van der Waals surface area contributed by atoms with Crippen LogP contribution in [-0.4, -0.2) is 20.6 Å². The topological polar surface area (TPSA) is 55.1 Å². The van der Waals surface area contributed by atoms with Gasteiger partial charge in [0.15, 0.2) is 0 Å². The van der Waals surface area contributed by atoms with Gasteiger partial charge in [0.25, 0.3) is 0 Å². The van der Waals surface area contributed by atoms with E-state index in [0.29, 0.717) is 0 Å². The number of aromatic nitrogens is 2. The van der Waals surface area contributed by atoms with E-state index in [4.69, 9.17) is 5.11 Å². The molecule has 1 N–H and O–H groups in total. The Kier molecular flexibility index (Phi) is 2.64. The monoisotopic (exact) mass is 218 g/mol. The second-order valence-electron chi connectivity index (χ2n) is 3.85. The standard InChI is InChI=1S/C12H14N2O2/c1-3-11-13-9-6-8(2)4-5-10(9)14(11)7-12(15)16/h4-6H,3,7H2,1-2H3,(H,15,16). The minimum atomic E-state index is -0.838. The number of imidazole rings is 1. The van der Waals surface area contributed by atoms with E-state index in [0.717, 1.165) is 28.8 Å². The van der Waals surface area contributed by atoms with Gasteiger partial charge in [-0.25, -0.2) is 4.98 Å². The van der Waals surface area contributed by atoms with Gasteiger partial charge in [0.2, 0.25) is 0 Å². The largest absolute Gasteiger partial charge is 0.480 e. The molecule has 0 amide bonds. The van der Waals surface area contributed by atoms with Gasteiger partial charge in [0, 0.05) is 6.42 Å². The first-order valence-corrected chi connectivity index (χ1v) is 5.29. The highest BCUT2D eigenvalue weighted by Crippen LogP contribution is 2.18. The van der Waals surface area contributed by atoms with Crippen molar-refractivity contribution < 1.29 is 9.90 Å². The summed E-state index contributed by atoms with van der Waals surface area (Å²) in [5.74, 6) is -0.0161. The number of fused-ring (bicyclic) bond motifs is 1. The van der Waals surface area contributed by atoms with Crippen LogP contribution < -0.4 is 0 Å². The van der Waals surface area contributed by atoms with Gasteiger partial charge in [-0.05, 0) is 24.6 Å². The number of hydrogen-bond acceptors (Lipinski definition) is 2. The minimum Gasteiger partial charge on any atom is -0.480 e. The number of carboxylic acid groups (broad SMARTS) is 1. The molecule has 16 heavy (non-hydrogen) atoms. The lowest BCUT2D eigenvalue weighted by atomic mass is 10.2. The van der Waals surface area contributed by atoms with E-state index >= 15 is 0 Å². The Balaban J connectivity index is 2.63. The lowest BCUT2D eigenvalue weighted by molar-refractivity contribution is -0.137. The summed E-state index contributed by atoms with van der Waals surface area (Å²) in [7, 11) is 0. The molecule has 0 unspecified atom stereocenters. The third-order valence-electron chi connectivity index (χ3n) is 2.59. The molecule has 4 nitrogen and oxygen atoms in total. The van der Waals surface area contributed by atoms with Crippen molar-refractivity contribution in [3.05, 3.63) is 29.6 Å². The third kappa shape index (κ3) is 1.78. The van der Waals surface area contributed by atoms with E-state index in [1.54, 1.807) is 4.57 Å². The third-order valence-corrected chi connectivity index (χ3v) is 2.59. The van der Waals surface area contributed by atoms with Gasteiger partial charge in [-0.15, -0.1) is 0 Å². The van der Waals surface area contributed by atoms with Gasteiger partial charge in [-0.2, -0.15) is 0 Å². The van der Waals surface area contributed by atoms with Crippen LogP contribution in [0.1, 0.15) is 18.3 Å². The molecule has 0 aliphatic carbocycles. The fourth-order valence-electron chi connectivity index (χ4n) is 1.87. The molecule has 0 aliphatic rings. The molecule has 0 spiro atoms. The molecular weight excluding hydrogens is 204 g/mol. The van der Waals surface area contributed by atoms with Gasteiger partial charge in [0.1, 0.15) is 12.4 Å². The fourth-order valence-corrected chi connectivity index (χ4v) is 1.87. The molecule has 1 aromatic heterocycles. The molecule has 84 valence electrons. The highest BCUT2D eigenvalue weighted by Gasteiger charge is 2.11. The molecule has 0 saturated heterocycles. The van der Waals surface area contributed by atoms with E-state index < -0.39 is 5.97 Å². The predicted molar refractivity (Wildman–Crippen MR) is 61.5 cm³/mol. The Labute approximate surface area is 93.5 Å². The first-order chi connectivity index (χ1) is 7.61. The molecule has 1 aromatic carbocycles. The number of carboxylic acids is 1. The molecule has 0 aliphatic heterocycles.